The first-order valence-electron chi connectivity index (χ1n) is 10.5. The molecule has 0 bridgehead atoms. The summed E-state index contributed by atoms with van der Waals surface area (Å²) in [6, 6.07) is 8.72. The van der Waals surface area contributed by atoms with Crippen LogP contribution in [0.2, 0.25) is 0 Å². The van der Waals surface area contributed by atoms with Crippen LogP contribution in [0.5, 0.6) is 0 Å². The van der Waals surface area contributed by atoms with E-state index in [-0.39, 0.29) is 24.2 Å². The van der Waals surface area contributed by atoms with Gasteiger partial charge in [-0.3, -0.25) is 4.79 Å². The molecule has 1 N–H and O–H groups in total. The van der Waals surface area contributed by atoms with E-state index < -0.39 is 12.1 Å². The molecule has 0 spiro atoms. The van der Waals surface area contributed by atoms with E-state index in [1.54, 1.807) is 37.3 Å². The molecule has 0 aromatic heterocycles. The van der Waals surface area contributed by atoms with Gasteiger partial charge in [-0.05, 0) is 57.7 Å². The molecule has 0 radical (unpaired) electrons. The third-order valence-corrected chi connectivity index (χ3v) is 5.36. The van der Waals surface area contributed by atoms with Gasteiger partial charge in [0.25, 0.3) is 0 Å². The molecular weight excluding hydrogens is 378 g/mol. The van der Waals surface area contributed by atoms with Gasteiger partial charge < -0.3 is 14.8 Å². The number of nitrogens with one attached hydrogen (secondary N) is 1. The lowest BCUT2D eigenvalue weighted by Gasteiger charge is -2.39. The zero-order valence-electron chi connectivity index (χ0n) is 18.3. The third-order valence-electron chi connectivity index (χ3n) is 5.36. The molecule has 0 aliphatic carbocycles. The molecule has 5 heteroatoms. The summed E-state index contributed by atoms with van der Waals surface area (Å²) in [6.45, 7) is 11.7. The van der Waals surface area contributed by atoms with E-state index in [9.17, 15) is 9.59 Å². The average molecular weight is 412 g/mol. The monoisotopic (exact) mass is 411 g/mol. The normalized spacial score (nSPS) is 25.5. The van der Waals surface area contributed by atoms with Crippen molar-refractivity contribution in [2.24, 2.45) is 5.92 Å². The molecule has 1 heterocycles. The lowest BCUT2D eigenvalue weighted by molar-refractivity contribution is -0.123. The van der Waals surface area contributed by atoms with Crippen LogP contribution in [0.25, 0.3) is 0 Å². The van der Waals surface area contributed by atoms with Gasteiger partial charge in [0.05, 0.1) is 23.8 Å². The largest absolute Gasteiger partial charge is 0.455 e. The molecule has 1 aliphatic rings. The van der Waals surface area contributed by atoms with Crippen LogP contribution >= 0.6 is 0 Å². The Morgan fingerprint density at radius 1 is 1.30 bits per heavy atom. The lowest BCUT2D eigenvalue weighted by Crippen LogP contribution is -2.50. The van der Waals surface area contributed by atoms with Crippen molar-refractivity contribution >= 4 is 11.9 Å². The topological polar surface area (TPSA) is 64.6 Å². The number of ether oxygens (including phenoxy) is 2. The van der Waals surface area contributed by atoms with Crippen LogP contribution < -0.4 is 5.32 Å². The van der Waals surface area contributed by atoms with Crippen molar-refractivity contribution < 1.29 is 19.1 Å². The first kappa shape index (κ1) is 23.6. The van der Waals surface area contributed by atoms with Crippen molar-refractivity contribution in [2.45, 2.75) is 64.9 Å². The number of benzene rings is 1. The summed E-state index contributed by atoms with van der Waals surface area (Å²) in [7, 11) is 0. The number of carbonyl (C=O) groups is 2. The molecule has 1 unspecified atom stereocenters. The Labute approximate surface area is 179 Å². The van der Waals surface area contributed by atoms with Crippen LogP contribution in [0, 0.1) is 5.92 Å². The highest BCUT2D eigenvalue weighted by Crippen LogP contribution is 2.27. The van der Waals surface area contributed by atoms with Crippen LogP contribution in [0.15, 0.2) is 66.8 Å². The van der Waals surface area contributed by atoms with Crippen LogP contribution in [-0.2, 0) is 14.3 Å². The Morgan fingerprint density at radius 2 is 2.00 bits per heavy atom. The second-order valence-electron chi connectivity index (χ2n) is 7.93. The van der Waals surface area contributed by atoms with Gasteiger partial charge in [0.1, 0.15) is 6.10 Å². The molecule has 162 valence electrons. The van der Waals surface area contributed by atoms with Gasteiger partial charge in [-0.1, -0.05) is 49.4 Å². The van der Waals surface area contributed by atoms with Crippen molar-refractivity contribution in [2.75, 3.05) is 0 Å². The van der Waals surface area contributed by atoms with E-state index in [1.165, 1.54) is 6.08 Å². The van der Waals surface area contributed by atoms with Gasteiger partial charge in [0.15, 0.2) is 0 Å². The van der Waals surface area contributed by atoms with Crippen molar-refractivity contribution in [3.63, 3.8) is 0 Å². The quantitative estimate of drug-likeness (QED) is 0.385. The summed E-state index contributed by atoms with van der Waals surface area (Å²) in [5.41, 5.74) is 1.62. The Hall–Kier alpha value is -2.66. The summed E-state index contributed by atoms with van der Waals surface area (Å²) >= 11 is 0. The first-order chi connectivity index (χ1) is 14.3. The molecule has 5 nitrogen and oxygen atoms in total. The Kier molecular flexibility index (Phi) is 9.06. The molecule has 1 saturated heterocycles. The molecule has 5 atom stereocenters. The molecule has 1 aliphatic heterocycles. The summed E-state index contributed by atoms with van der Waals surface area (Å²) in [6.07, 6.45) is 8.23. The van der Waals surface area contributed by atoms with E-state index in [1.807, 2.05) is 26.0 Å². The maximum absolute atomic E-state index is 12.3. The van der Waals surface area contributed by atoms with Gasteiger partial charge in [0.2, 0.25) is 5.91 Å². The number of rotatable bonds is 8. The van der Waals surface area contributed by atoms with Crippen LogP contribution in [0.1, 0.15) is 50.9 Å². The van der Waals surface area contributed by atoms with Crippen LogP contribution in [-0.4, -0.2) is 36.2 Å². The standard InChI is InChI=1S/C25H33NO4/c1-6-17(2)12-14-23-18(3)16-22(20(5)30-23)26-24(27)15-13-19(4)29-25(28)21-10-8-7-9-11-21/h6-13,15,18-20,22-23H,1,14,16H2,2-5H3,(H,26,27)/b15-13-,17-12+/t18-,19?,20+,22+,23-/m0/s1. The molecule has 1 aromatic rings. The van der Waals surface area contributed by atoms with E-state index in [2.05, 4.69) is 24.9 Å². The number of hydrogen-bond donors (Lipinski definition) is 1. The summed E-state index contributed by atoms with van der Waals surface area (Å²) in [5, 5.41) is 3.01. The molecule has 1 amide bonds. The van der Waals surface area contributed by atoms with E-state index in [4.69, 9.17) is 9.47 Å². The molecule has 1 aromatic carbocycles. The SMILES string of the molecule is C=C/C(C)=C/C[C@@H]1O[C@H](C)[C@H](NC(=O)/C=C\C(C)OC(=O)c2ccccc2)C[C@@H]1C. The van der Waals surface area contributed by atoms with Crippen molar-refractivity contribution in [1.82, 2.24) is 5.32 Å². The first-order valence-corrected chi connectivity index (χ1v) is 10.5. The van der Waals surface area contributed by atoms with E-state index >= 15 is 0 Å². The molecule has 30 heavy (non-hydrogen) atoms. The zero-order valence-corrected chi connectivity index (χ0v) is 18.3. The minimum Gasteiger partial charge on any atom is -0.455 e. The summed E-state index contributed by atoms with van der Waals surface area (Å²) in [4.78, 5) is 24.4. The number of allylic oxidation sites excluding steroid dienone is 2. The maximum atomic E-state index is 12.3. The van der Waals surface area contributed by atoms with Crippen molar-refractivity contribution in [3.8, 4) is 0 Å². The predicted octanol–water partition coefficient (Wildman–Crippen LogP) is 4.61. The predicted molar refractivity (Wildman–Crippen MR) is 119 cm³/mol. The Morgan fingerprint density at radius 3 is 2.67 bits per heavy atom. The van der Waals surface area contributed by atoms with Gasteiger partial charge >= 0.3 is 5.97 Å². The lowest BCUT2D eigenvalue weighted by atomic mass is 9.88. The molecule has 0 saturated carbocycles. The van der Waals surface area contributed by atoms with Gasteiger partial charge in [0, 0.05) is 6.08 Å². The van der Waals surface area contributed by atoms with Crippen molar-refractivity contribution in [1.29, 1.82) is 0 Å². The Balaban J connectivity index is 1.82. The number of carbonyl (C=O) groups excluding carboxylic acids is 2. The van der Waals surface area contributed by atoms with Gasteiger partial charge in [-0.15, -0.1) is 0 Å². The molecular formula is C25H33NO4. The molecule has 1 fully saturated rings. The number of amides is 1. The van der Waals surface area contributed by atoms with Gasteiger partial charge in [-0.25, -0.2) is 4.79 Å². The van der Waals surface area contributed by atoms with Crippen LogP contribution in [0.3, 0.4) is 0 Å². The van der Waals surface area contributed by atoms with Crippen LogP contribution in [0.4, 0.5) is 0 Å². The summed E-state index contributed by atoms with van der Waals surface area (Å²) in [5.74, 6) is -0.302. The zero-order chi connectivity index (χ0) is 22.1. The smallest absolute Gasteiger partial charge is 0.338 e. The fourth-order valence-corrected chi connectivity index (χ4v) is 3.40. The molecule has 2 rings (SSSR count). The maximum Gasteiger partial charge on any atom is 0.338 e. The fourth-order valence-electron chi connectivity index (χ4n) is 3.40. The number of esters is 1. The average Bonchev–Trinajstić information content (AvgIpc) is 2.74. The van der Waals surface area contributed by atoms with Crippen molar-refractivity contribution in [3.05, 3.63) is 72.4 Å². The highest BCUT2D eigenvalue weighted by molar-refractivity contribution is 5.90. The minimum absolute atomic E-state index is 0.0555. The number of hydrogen-bond acceptors (Lipinski definition) is 4. The van der Waals surface area contributed by atoms with E-state index in [0.29, 0.717) is 11.5 Å². The second-order valence-corrected chi connectivity index (χ2v) is 7.93. The van der Waals surface area contributed by atoms with Gasteiger partial charge in [-0.2, -0.15) is 0 Å². The minimum atomic E-state index is -0.508. The second kappa shape index (κ2) is 11.5. The fraction of sp³-hybridized carbons (Fsp3) is 0.440. The van der Waals surface area contributed by atoms with E-state index in [0.717, 1.165) is 18.4 Å². The Bertz CT molecular complexity index is 784. The highest BCUT2D eigenvalue weighted by Gasteiger charge is 2.33. The third kappa shape index (κ3) is 7.30. The summed E-state index contributed by atoms with van der Waals surface area (Å²) < 4.78 is 11.5. The highest BCUT2D eigenvalue weighted by atomic mass is 16.5.